The average molecular weight is 375 g/mol. The first-order valence-corrected chi connectivity index (χ1v) is 9.18. The summed E-state index contributed by atoms with van der Waals surface area (Å²) in [5.41, 5.74) is 2.71. The zero-order valence-corrected chi connectivity index (χ0v) is 15.8. The molecule has 0 bridgehead atoms. The predicted octanol–water partition coefficient (Wildman–Crippen LogP) is 4.36. The SMILES string of the molecule is CCOc1cc2ncnc(Nc3cccc(-n4ccnc4)c3)c2cc1OCC. The Labute approximate surface area is 163 Å². The highest BCUT2D eigenvalue weighted by atomic mass is 16.5. The lowest BCUT2D eigenvalue weighted by Gasteiger charge is -2.14. The maximum atomic E-state index is 5.75. The molecule has 2 heterocycles. The molecule has 0 saturated heterocycles. The van der Waals surface area contributed by atoms with Crippen molar-refractivity contribution in [1.29, 1.82) is 0 Å². The zero-order chi connectivity index (χ0) is 19.3. The van der Waals surface area contributed by atoms with E-state index in [1.807, 2.05) is 61.0 Å². The topological polar surface area (TPSA) is 74.1 Å². The number of aromatic nitrogens is 4. The molecule has 0 fully saturated rings. The number of hydrogen-bond donors (Lipinski definition) is 1. The highest BCUT2D eigenvalue weighted by Gasteiger charge is 2.12. The van der Waals surface area contributed by atoms with E-state index in [-0.39, 0.29) is 0 Å². The minimum atomic E-state index is 0.551. The second-order valence-corrected chi connectivity index (χ2v) is 6.05. The van der Waals surface area contributed by atoms with E-state index in [0.29, 0.717) is 30.5 Å². The molecule has 0 saturated carbocycles. The third-order valence-electron chi connectivity index (χ3n) is 4.21. The molecular formula is C21H21N5O2. The summed E-state index contributed by atoms with van der Waals surface area (Å²) < 4.78 is 13.4. The van der Waals surface area contributed by atoms with Crippen LogP contribution in [0.2, 0.25) is 0 Å². The van der Waals surface area contributed by atoms with Crippen LogP contribution in [0.4, 0.5) is 11.5 Å². The minimum absolute atomic E-state index is 0.551. The Hall–Kier alpha value is -3.61. The number of anilines is 2. The Morgan fingerprint density at radius 2 is 1.82 bits per heavy atom. The van der Waals surface area contributed by atoms with Gasteiger partial charge < -0.3 is 19.4 Å². The molecule has 0 atom stereocenters. The van der Waals surface area contributed by atoms with Crippen molar-refractivity contribution >= 4 is 22.4 Å². The molecular weight excluding hydrogens is 354 g/mol. The Bertz CT molecular complexity index is 1080. The van der Waals surface area contributed by atoms with E-state index in [9.17, 15) is 0 Å². The van der Waals surface area contributed by atoms with Gasteiger partial charge in [-0.25, -0.2) is 15.0 Å². The van der Waals surface area contributed by atoms with Gasteiger partial charge in [0.2, 0.25) is 0 Å². The van der Waals surface area contributed by atoms with Gasteiger partial charge in [0, 0.05) is 35.2 Å². The Balaban J connectivity index is 1.73. The lowest BCUT2D eigenvalue weighted by atomic mass is 10.2. The summed E-state index contributed by atoms with van der Waals surface area (Å²) in [4.78, 5) is 12.9. The fourth-order valence-electron chi connectivity index (χ4n) is 2.99. The van der Waals surface area contributed by atoms with Crippen molar-refractivity contribution in [3.63, 3.8) is 0 Å². The number of rotatable bonds is 7. The van der Waals surface area contributed by atoms with Crippen LogP contribution >= 0.6 is 0 Å². The van der Waals surface area contributed by atoms with Gasteiger partial charge in [0.1, 0.15) is 12.1 Å². The van der Waals surface area contributed by atoms with Gasteiger partial charge in [-0.05, 0) is 38.1 Å². The summed E-state index contributed by atoms with van der Waals surface area (Å²) in [7, 11) is 0. The van der Waals surface area contributed by atoms with Crippen LogP contribution in [0.3, 0.4) is 0 Å². The highest BCUT2D eigenvalue weighted by molar-refractivity contribution is 5.93. The summed E-state index contributed by atoms with van der Waals surface area (Å²) in [5, 5.41) is 4.25. The lowest BCUT2D eigenvalue weighted by Crippen LogP contribution is -2.01. The summed E-state index contributed by atoms with van der Waals surface area (Å²) >= 11 is 0. The van der Waals surface area contributed by atoms with E-state index in [0.717, 1.165) is 22.3 Å². The van der Waals surface area contributed by atoms with E-state index < -0.39 is 0 Å². The quantitative estimate of drug-likeness (QED) is 0.517. The van der Waals surface area contributed by atoms with E-state index in [1.54, 1.807) is 18.9 Å². The van der Waals surface area contributed by atoms with E-state index in [4.69, 9.17) is 9.47 Å². The minimum Gasteiger partial charge on any atom is -0.490 e. The fourth-order valence-corrected chi connectivity index (χ4v) is 2.99. The second-order valence-electron chi connectivity index (χ2n) is 6.05. The molecule has 0 aliphatic heterocycles. The van der Waals surface area contributed by atoms with Gasteiger partial charge in [0.15, 0.2) is 11.5 Å². The summed E-state index contributed by atoms with van der Waals surface area (Å²) in [6.07, 6.45) is 6.97. The van der Waals surface area contributed by atoms with Crippen LogP contribution in [0.1, 0.15) is 13.8 Å². The molecule has 2 aromatic carbocycles. The molecule has 0 unspecified atom stereocenters. The van der Waals surface area contributed by atoms with Gasteiger partial charge in [-0.1, -0.05) is 6.07 Å². The van der Waals surface area contributed by atoms with Crippen LogP contribution < -0.4 is 14.8 Å². The van der Waals surface area contributed by atoms with Crippen LogP contribution in [-0.2, 0) is 0 Å². The number of ether oxygens (including phenoxy) is 2. The molecule has 0 spiro atoms. The van der Waals surface area contributed by atoms with Crippen molar-refractivity contribution in [2.45, 2.75) is 13.8 Å². The number of fused-ring (bicyclic) bond motifs is 1. The van der Waals surface area contributed by atoms with E-state index in [2.05, 4.69) is 20.3 Å². The van der Waals surface area contributed by atoms with Crippen LogP contribution in [-0.4, -0.2) is 32.7 Å². The third-order valence-corrected chi connectivity index (χ3v) is 4.21. The number of imidazole rings is 1. The lowest BCUT2D eigenvalue weighted by molar-refractivity contribution is 0.288. The van der Waals surface area contributed by atoms with Crippen molar-refractivity contribution < 1.29 is 9.47 Å². The van der Waals surface area contributed by atoms with Gasteiger partial charge in [-0.15, -0.1) is 0 Å². The molecule has 0 aliphatic rings. The van der Waals surface area contributed by atoms with Gasteiger partial charge in [-0.2, -0.15) is 0 Å². The predicted molar refractivity (Wildman–Crippen MR) is 109 cm³/mol. The van der Waals surface area contributed by atoms with Gasteiger partial charge in [-0.3, -0.25) is 0 Å². The average Bonchev–Trinajstić information content (AvgIpc) is 3.24. The van der Waals surface area contributed by atoms with Crippen LogP contribution in [0.15, 0.2) is 61.4 Å². The molecule has 4 aromatic rings. The summed E-state index contributed by atoms with van der Waals surface area (Å²) in [5.74, 6) is 2.07. The second kappa shape index (κ2) is 7.96. The molecule has 1 N–H and O–H groups in total. The highest BCUT2D eigenvalue weighted by Crippen LogP contribution is 2.35. The summed E-state index contributed by atoms with van der Waals surface area (Å²) in [6.45, 7) is 5.00. The van der Waals surface area contributed by atoms with Crippen LogP contribution in [0, 0.1) is 0 Å². The maximum absolute atomic E-state index is 5.75. The molecule has 2 aromatic heterocycles. The van der Waals surface area contributed by atoms with Crippen molar-refractivity contribution in [3.8, 4) is 17.2 Å². The summed E-state index contributed by atoms with van der Waals surface area (Å²) in [6, 6.07) is 11.8. The van der Waals surface area contributed by atoms with E-state index in [1.165, 1.54) is 0 Å². The Kier molecular flexibility index (Phi) is 5.05. The molecule has 0 amide bonds. The monoisotopic (exact) mass is 375 g/mol. The first-order chi connectivity index (χ1) is 13.8. The number of nitrogens with zero attached hydrogens (tertiary/aromatic N) is 4. The number of benzene rings is 2. The van der Waals surface area contributed by atoms with Crippen LogP contribution in [0.25, 0.3) is 16.6 Å². The maximum Gasteiger partial charge on any atom is 0.163 e. The number of hydrogen-bond acceptors (Lipinski definition) is 6. The van der Waals surface area contributed by atoms with Gasteiger partial charge in [0.25, 0.3) is 0 Å². The normalized spacial score (nSPS) is 10.8. The first-order valence-electron chi connectivity index (χ1n) is 9.18. The van der Waals surface area contributed by atoms with Crippen molar-refractivity contribution in [1.82, 2.24) is 19.5 Å². The van der Waals surface area contributed by atoms with Crippen LogP contribution in [0.5, 0.6) is 11.5 Å². The van der Waals surface area contributed by atoms with Crippen molar-refractivity contribution in [3.05, 3.63) is 61.4 Å². The number of nitrogens with one attached hydrogen (secondary N) is 1. The van der Waals surface area contributed by atoms with Crippen molar-refractivity contribution in [2.75, 3.05) is 18.5 Å². The Morgan fingerprint density at radius 1 is 1.00 bits per heavy atom. The van der Waals surface area contributed by atoms with Gasteiger partial charge in [0.05, 0.1) is 25.1 Å². The largest absolute Gasteiger partial charge is 0.490 e. The molecule has 4 rings (SSSR count). The smallest absolute Gasteiger partial charge is 0.163 e. The molecule has 7 nitrogen and oxygen atoms in total. The van der Waals surface area contributed by atoms with Crippen molar-refractivity contribution in [2.24, 2.45) is 0 Å². The van der Waals surface area contributed by atoms with Gasteiger partial charge >= 0.3 is 0 Å². The fraction of sp³-hybridized carbons (Fsp3) is 0.190. The molecule has 28 heavy (non-hydrogen) atoms. The van der Waals surface area contributed by atoms with E-state index >= 15 is 0 Å². The molecule has 142 valence electrons. The first kappa shape index (κ1) is 17.8. The Morgan fingerprint density at radius 3 is 2.57 bits per heavy atom. The standard InChI is InChI=1S/C21H21N5O2/c1-3-27-19-11-17-18(12-20(19)28-4-2)23-13-24-21(17)25-15-6-5-7-16(10-15)26-9-8-22-14-26/h5-14H,3-4H2,1-2H3,(H,23,24,25). The zero-order valence-electron chi connectivity index (χ0n) is 15.8. The third kappa shape index (κ3) is 3.59. The molecule has 0 aliphatic carbocycles. The molecule has 7 heteroatoms. The molecule has 0 radical (unpaired) electrons.